The van der Waals surface area contributed by atoms with Crippen molar-refractivity contribution in [1.82, 2.24) is 0 Å². The quantitative estimate of drug-likeness (QED) is 0.523. The minimum Gasteiger partial charge on any atom is -0.490 e. The van der Waals surface area contributed by atoms with Crippen LogP contribution in [-0.2, 0) is 13.0 Å². The Kier molecular flexibility index (Phi) is 7.61. The minimum atomic E-state index is 0.434. The lowest BCUT2D eigenvalue weighted by Crippen LogP contribution is -2.06. The Morgan fingerprint density at radius 2 is 1.92 bits per heavy atom. The average molecular weight is 372 g/mol. The summed E-state index contributed by atoms with van der Waals surface area (Å²) < 4.78 is 11.7. The summed E-state index contributed by atoms with van der Waals surface area (Å²) in [5.74, 6) is 1.50. The van der Waals surface area contributed by atoms with E-state index in [0.717, 1.165) is 33.9 Å². The molecule has 138 valence electrons. The second-order valence-electron chi connectivity index (χ2n) is 5.92. The van der Waals surface area contributed by atoms with Gasteiger partial charge in [0.15, 0.2) is 11.5 Å². The number of anilines is 1. The number of nitrogens with one attached hydrogen (secondary N) is 1. The van der Waals surface area contributed by atoms with Gasteiger partial charge in [0, 0.05) is 22.8 Å². The normalized spacial score (nSPS) is 10.3. The molecule has 0 spiro atoms. The van der Waals surface area contributed by atoms with Crippen LogP contribution in [0, 0.1) is 6.92 Å². The van der Waals surface area contributed by atoms with Crippen LogP contribution in [-0.4, -0.2) is 13.2 Å². The predicted molar refractivity (Wildman–Crippen MR) is 111 cm³/mol. The number of hydrogen-bond donors (Lipinski definition) is 1. The summed E-state index contributed by atoms with van der Waals surface area (Å²) in [6.07, 6.45) is 4.30. The third-order valence-corrected chi connectivity index (χ3v) is 4.12. The zero-order valence-electron chi connectivity index (χ0n) is 15.5. The lowest BCUT2D eigenvalue weighted by molar-refractivity contribution is 0.294. The molecule has 26 heavy (non-hydrogen) atoms. The Morgan fingerprint density at radius 3 is 2.62 bits per heavy atom. The Morgan fingerprint density at radius 1 is 1.12 bits per heavy atom. The van der Waals surface area contributed by atoms with Gasteiger partial charge in [0.25, 0.3) is 0 Å². The van der Waals surface area contributed by atoms with Crippen LogP contribution < -0.4 is 14.8 Å². The fourth-order valence-electron chi connectivity index (χ4n) is 2.68. The summed E-state index contributed by atoms with van der Waals surface area (Å²) in [5.41, 5.74) is 4.33. The van der Waals surface area contributed by atoms with E-state index in [2.05, 4.69) is 31.5 Å². The average Bonchev–Trinajstić information content (AvgIpc) is 2.62. The van der Waals surface area contributed by atoms with Crippen molar-refractivity contribution in [3.8, 4) is 11.5 Å². The summed E-state index contributed by atoms with van der Waals surface area (Å²) in [6, 6.07) is 9.97. The highest BCUT2D eigenvalue weighted by molar-refractivity contribution is 6.30. The Hall–Kier alpha value is -2.39. The van der Waals surface area contributed by atoms with E-state index >= 15 is 0 Å². The van der Waals surface area contributed by atoms with Gasteiger partial charge in [-0.1, -0.05) is 36.4 Å². The maximum absolute atomic E-state index is 6.11. The van der Waals surface area contributed by atoms with Gasteiger partial charge < -0.3 is 14.8 Å². The summed E-state index contributed by atoms with van der Waals surface area (Å²) in [6.45, 7) is 13.3. The monoisotopic (exact) mass is 371 g/mol. The van der Waals surface area contributed by atoms with E-state index in [1.165, 1.54) is 0 Å². The van der Waals surface area contributed by atoms with Gasteiger partial charge in [-0.3, -0.25) is 0 Å². The number of allylic oxidation sites excluding steroid dienone is 1. The van der Waals surface area contributed by atoms with Gasteiger partial charge in [-0.25, -0.2) is 0 Å². The van der Waals surface area contributed by atoms with Crippen LogP contribution in [0.25, 0.3) is 0 Å². The fraction of sp³-hybridized carbons (Fsp3) is 0.273. The van der Waals surface area contributed by atoms with E-state index in [1.807, 2.05) is 37.3 Å². The highest BCUT2D eigenvalue weighted by Gasteiger charge is 2.13. The lowest BCUT2D eigenvalue weighted by Gasteiger charge is -2.17. The number of ether oxygens (including phenoxy) is 2. The maximum atomic E-state index is 6.11. The van der Waals surface area contributed by atoms with E-state index in [9.17, 15) is 0 Å². The summed E-state index contributed by atoms with van der Waals surface area (Å²) in [4.78, 5) is 0. The van der Waals surface area contributed by atoms with Crippen LogP contribution >= 0.6 is 11.6 Å². The first-order chi connectivity index (χ1) is 12.6. The van der Waals surface area contributed by atoms with Gasteiger partial charge in [-0.2, -0.15) is 0 Å². The van der Waals surface area contributed by atoms with Gasteiger partial charge in [0.2, 0.25) is 0 Å². The number of benzene rings is 2. The second kappa shape index (κ2) is 9.93. The zero-order chi connectivity index (χ0) is 18.9. The minimum absolute atomic E-state index is 0.434. The molecule has 0 unspecified atom stereocenters. The summed E-state index contributed by atoms with van der Waals surface area (Å²) in [7, 11) is 0. The highest BCUT2D eigenvalue weighted by atomic mass is 35.5. The van der Waals surface area contributed by atoms with Crippen LogP contribution in [0.5, 0.6) is 11.5 Å². The van der Waals surface area contributed by atoms with Crippen molar-refractivity contribution in [2.75, 3.05) is 18.5 Å². The van der Waals surface area contributed by atoms with Crippen molar-refractivity contribution in [2.45, 2.75) is 26.8 Å². The lowest BCUT2D eigenvalue weighted by atomic mass is 10.0. The number of rotatable bonds is 10. The molecule has 0 atom stereocenters. The Bertz CT molecular complexity index is 771. The summed E-state index contributed by atoms with van der Waals surface area (Å²) in [5, 5.41) is 4.16. The number of hydrogen-bond acceptors (Lipinski definition) is 3. The number of halogens is 1. The molecule has 4 heteroatoms. The molecule has 2 rings (SSSR count). The van der Waals surface area contributed by atoms with E-state index in [0.29, 0.717) is 31.2 Å². The molecule has 0 radical (unpaired) electrons. The van der Waals surface area contributed by atoms with Gasteiger partial charge in [-0.15, -0.1) is 6.58 Å². The van der Waals surface area contributed by atoms with Crippen LogP contribution in [0.2, 0.25) is 5.02 Å². The van der Waals surface area contributed by atoms with Gasteiger partial charge in [0.05, 0.1) is 6.61 Å². The third-order valence-electron chi connectivity index (χ3n) is 3.88. The van der Waals surface area contributed by atoms with E-state index in [1.54, 1.807) is 6.08 Å². The SMILES string of the molecule is C=CCOc1c(CC=C)cc(CNc2cc(Cl)ccc2C)cc1OCC. The van der Waals surface area contributed by atoms with Crippen molar-refractivity contribution < 1.29 is 9.47 Å². The molecule has 0 saturated heterocycles. The molecule has 3 nitrogen and oxygen atoms in total. The first-order valence-electron chi connectivity index (χ1n) is 8.72. The maximum Gasteiger partial charge on any atom is 0.165 e. The molecular formula is C22H26ClNO2. The molecule has 0 saturated carbocycles. The molecule has 0 aromatic heterocycles. The number of aryl methyl sites for hydroxylation is 1. The zero-order valence-corrected chi connectivity index (χ0v) is 16.2. The van der Waals surface area contributed by atoms with Crippen molar-refractivity contribution in [3.63, 3.8) is 0 Å². The van der Waals surface area contributed by atoms with Crippen molar-refractivity contribution in [3.05, 3.63) is 77.4 Å². The molecular weight excluding hydrogens is 346 g/mol. The first kappa shape index (κ1) is 19.9. The standard InChI is InChI=1S/C22H26ClNO2/c1-5-8-18-12-17(13-21(25-7-3)22(18)26-11-6-2)15-24-20-14-19(23)10-9-16(20)4/h5-6,9-10,12-14,24H,1-2,7-8,11,15H2,3-4H3. The van der Waals surface area contributed by atoms with Gasteiger partial charge in [0.1, 0.15) is 6.61 Å². The first-order valence-corrected chi connectivity index (χ1v) is 9.10. The molecule has 0 amide bonds. The van der Waals surface area contributed by atoms with Gasteiger partial charge >= 0.3 is 0 Å². The van der Waals surface area contributed by atoms with E-state index in [-0.39, 0.29) is 0 Å². The second-order valence-corrected chi connectivity index (χ2v) is 6.36. The van der Waals surface area contributed by atoms with Crippen molar-refractivity contribution >= 4 is 17.3 Å². The molecule has 0 aliphatic heterocycles. The topological polar surface area (TPSA) is 30.5 Å². The Balaban J connectivity index is 2.30. The third kappa shape index (κ3) is 5.30. The smallest absolute Gasteiger partial charge is 0.165 e. The fourth-order valence-corrected chi connectivity index (χ4v) is 2.86. The largest absolute Gasteiger partial charge is 0.490 e. The molecule has 0 aliphatic rings. The van der Waals surface area contributed by atoms with Gasteiger partial charge in [-0.05, 0) is 55.7 Å². The van der Waals surface area contributed by atoms with Crippen LogP contribution in [0.4, 0.5) is 5.69 Å². The molecule has 0 heterocycles. The molecule has 0 aliphatic carbocycles. The molecule has 2 aromatic carbocycles. The van der Waals surface area contributed by atoms with Crippen LogP contribution in [0.15, 0.2) is 55.6 Å². The van der Waals surface area contributed by atoms with E-state index < -0.39 is 0 Å². The molecule has 0 bridgehead atoms. The van der Waals surface area contributed by atoms with E-state index in [4.69, 9.17) is 21.1 Å². The molecule has 2 aromatic rings. The van der Waals surface area contributed by atoms with Crippen LogP contribution in [0.1, 0.15) is 23.6 Å². The predicted octanol–water partition coefficient (Wildman–Crippen LogP) is 5.95. The highest BCUT2D eigenvalue weighted by Crippen LogP contribution is 2.34. The Labute approximate surface area is 161 Å². The summed E-state index contributed by atoms with van der Waals surface area (Å²) >= 11 is 6.11. The van der Waals surface area contributed by atoms with Crippen molar-refractivity contribution in [2.24, 2.45) is 0 Å². The van der Waals surface area contributed by atoms with Crippen LogP contribution in [0.3, 0.4) is 0 Å². The van der Waals surface area contributed by atoms with Crippen molar-refractivity contribution in [1.29, 1.82) is 0 Å². The molecule has 1 N–H and O–H groups in total. The molecule has 0 fully saturated rings.